The first-order valence-corrected chi connectivity index (χ1v) is 9.88. The summed E-state index contributed by atoms with van der Waals surface area (Å²) in [5.41, 5.74) is 0.887. The van der Waals surface area contributed by atoms with Gasteiger partial charge in [-0.2, -0.15) is 0 Å². The first kappa shape index (κ1) is 18.4. The Bertz CT molecular complexity index is 956. The van der Waals surface area contributed by atoms with E-state index in [1.54, 1.807) is 13.0 Å². The number of hydrogen-bond acceptors (Lipinski definition) is 6. The third-order valence-electron chi connectivity index (χ3n) is 3.44. The largest absolute Gasteiger partial charge is 0.360 e. The first-order chi connectivity index (χ1) is 11.0. The Labute approximate surface area is 141 Å². The number of anilines is 1. The van der Waals surface area contributed by atoms with Crippen molar-refractivity contribution in [3.05, 3.63) is 35.2 Å². The summed E-state index contributed by atoms with van der Waals surface area (Å²) in [7, 11) is -4.81. The molecule has 1 aromatic carbocycles. The minimum atomic E-state index is -3.94. The lowest BCUT2D eigenvalue weighted by atomic mass is 10.2. The van der Waals surface area contributed by atoms with Crippen molar-refractivity contribution in [2.45, 2.75) is 30.6 Å². The molecule has 0 saturated heterocycles. The molecule has 0 fully saturated rings. The summed E-state index contributed by atoms with van der Waals surface area (Å²) < 4.78 is 58.0. The van der Waals surface area contributed by atoms with Crippen LogP contribution < -0.4 is 4.72 Å². The van der Waals surface area contributed by atoms with Crippen LogP contribution in [-0.4, -0.2) is 40.4 Å². The van der Waals surface area contributed by atoms with Crippen molar-refractivity contribution in [3.63, 3.8) is 0 Å². The van der Waals surface area contributed by atoms with E-state index in [2.05, 4.69) is 9.88 Å². The number of nitrogens with one attached hydrogen (secondary N) is 1. The maximum Gasteiger partial charge on any atom is 0.267 e. The van der Waals surface area contributed by atoms with E-state index >= 15 is 0 Å². The van der Waals surface area contributed by atoms with E-state index in [-0.39, 0.29) is 26.9 Å². The van der Waals surface area contributed by atoms with E-state index in [0.717, 1.165) is 4.31 Å². The lowest BCUT2D eigenvalue weighted by Crippen LogP contribution is -2.23. The summed E-state index contributed by atoms with van der Waals surface area (Å²) in [6.45, 7) is 4.65. The minimum Gasteiger partial charge on any atom is -0.360 e. The zero-order valence-corrected chi connectivity index (χ0v) is 15.6. The van der Waals surface area contributed by atoms with Crippen LogP contribution in [0.5, 0.6) is 0 Å². The zero-order valence-electron chi connectivity index (χ0n) is 14.0. The number of aromatic nitrogens is 1. The van der Waals surface area contributed by atoms with Crippen molar-refractivity contribution in [3.8, 4) is 0 Å². The first-order valence-electron chi connectivity index (χ1n) is 6.95. The molecular weight excluding hydrogens is 354 g/mol. The van der Waals surface area contributed by atoms with Crippen LogP contribution in [0.4, 0.5) is 5.69 Å². The highest BCUT2D eigenvalue weighted by atomic mass is 32.2. The normalized spacial score (nSPS) is 12.6. The zero-order chi connectivity index (χ0) is 18.3. The molecule has 8 nitrogen and oxygen atoms in total. The molecule has 2 rings (SSSR count). The maximum absolute atomic E-state index is 12.5. The van der Waals surface area contributed by atoms with Crippen molar-refractivity contribution >= 4 is 25.7 Å². The van der Waals surface area contributed by atoms with Gasteiger partial charge in [0, 0.05) is 14.1 Å². The van der Waals surface area contributed by atoms with Gasteiger partial charge in [0.25, 0.3) is 10.0 Å². The minimum absolute atomic E-state index is 0.0338. The smallest absolute Gasteiger partial charge is 0.267 e. The topological polar surface area (TPSA) is 110 Å². The van der Waals surface area contributed by atoms with Crippen molar-refractivity contribution < 1.29 is 21.4 Å². The Morgan fingerprint density at radius 1 is 1.08 bits per heavy atom. The number of sulfonamides is 2. The molecule has 0 radical (unpaired) electrons. The lowest BCUT2D eigenvalue weighted by molar-refractivity contribution is 0.390. The summed E-state index contributed by atoms with van der Waals surface area (Å²) in [6, 6.07) is 4.34. The fourth-order valence-corrected chi connectivity index (χ4v) is 4.73. The summed E-state index contributed by atoms with van der Waals surface area (Å²) in [4.78, 5) is -0.0217. The third kappa shape index (κ3) is 3.30. The monoisotopic (exact) mass is 373 g/mol. The van der Waals surface area contributed by atoms with Gasteiger partial charge in [0.15, 0.2) is 10.7 Å². The Balaban J connectivity index is 2.49. The second kappa shape index (κ2) is 6.19. The van der Waals surface area contributed by atoms with Crippen molar-refractivity contribution in [2.75, 3.05) is 18.8 Å². The number of aryl methyl sites for hydroxylation is 3. The van der Waals surface area contributed by atoms with Gasteiger partial charge in [0.2, 0.25) is 10.0 Å². The van der Waals surface area contributed by atoms with Gasteiger partial charge in [-0.25, -0.2) is 21.1 Å². The Morgan fingerprint density at radius 3 is 2.21 bits per heavy atom. The molecule has 2 aromatic rings. The quantitative estimate of drug-likeness (QED) is 0.853. The van der Waals surface area contributed by atoms with Crippen molar-refractivity contribution in [1.82, 2.24) is 9.46 Å². The summed E-state index contributed by atoms with van der Waals surface area (Å²) >= 11 is 0. The highest BCUT2D eigenvalue weighted by Gasteiger charge is 2.26. The standard InChI is InChI=1S/C14H19N3O5S2/c1-9-6-7-12(8-13(9)24(20,21)17(4)5)16-23(18,19)14-10(2)15-22-11(14)3/h6-8,16H,1-5H3. The molecule has 1 aromatic heterocycles. The predicted octanol–water partition coefficient (Wildman–Crippen LogP) is 1.65. The Hall–Kier alpha value is -1.91. The van der Waals surface area contributed by atoms with Crippen LogP contribution in [0.2, 0.25) is 0 Å². The molecule has 0 aliphatic rings. The van der Waals surface area contributed by atoms with Crippen LogP contribution in [0.3, 0.4) is 0 Å². The van der Waals surface area contributed by atoms with Crippen LogP contribution in [0.25, 0.3) is 0 Å². The van der Waals surface area contributed by atoms with Crippen LogP contribution in [0.1, 0.15) is 17.0 Å². The number of benzene rings is 1. The van der Waals surface area contributed by atoms with Gasteiger partial charge in [-0.05, 0) is 38.5 Å². The Kier molecular flexibility index (Phi) is 4.75. The molecule has 0 spiro atoms. The molecule has 132 valence electrons. The van der Waals surface area contributed by atoms with Gasteiger partial charge in [-0.1, -0.05) is 11.2 Å². The second-order valence-electron chi connectivity index (χ2n) is 5.53. The van der Waals surface area contributed by atoms with Crippen molar-refractivity contribution in [2.24, 2.45) is 0 Å². The van der Waals surface area contributed by atoms with E-state index in [1.807, 2.05) is 0 Å². The predicted molar refractivity (Wildman–Crippen MR) is 88.8 cm³/mol. The molecule has 0 amide bonds. The lowest BCUT2D eigenvalue weighted by Gasteiger charge is -2.15. The molecule has 0 unspecified atom stereocenters. The van der Waals surface area contributed by atoms with Gasteiger partial charge in [-0.15, -0.1) is 0 Å². The van der Waals surface area contributed by atoms with Crippen LogP contribution in [-0.2, 0) is 20.0 Å². The highest BCUT2D eigenvalue weighted by Crippen LogP contribution is 2.26. The molecule has 0 aliphatic heterocycles. The molecule has 1 N–H and O–H groups in total. The molecule has 0 bridgehead atoms. The summed E-state index contributed by atoms with van der Waals surface area (Å²) in [5, 5.41) is 3.62. The van der Waals surface area contributed by atoms with Gasteiger partial charge < -0.3 is 4.52 Å². The molecule has 0 saturated carbocycles. The molecule has 0 aliphatic carbocycles. The van der Waals surface area contributed by atoms with Crippen LogP contribution in [0.15, 0.2) is 32.5 Å². The van der Waals surface area contributed by atoms with E-state index in [0.29, 0.717) is 5.56 Å². The highest BCUT2D eigenvalue weighted by molar-refractivity contribution is 7.92. The van der Waals surface area contributed by atoms with Gasteiger partial charge >= 0.3 is 0 Å². The third-order valence-corrected chi connectivity index (χ3v) is 7.02. The van der Waals surface area contributed by atoms with Gasteiger partial charge in [0.1, 0.15) is 5.69 Å². The van der Waals surface area contributed by atoms with Crippen LogP contribution in [0, 0.1) is 20.8 Å². The molecular formula is C14H19N3O5S2. The maximum atomic E-state index is 12.5. The average Bonchev–Trinajstić information content (AvgIpc) is 2.80. The average molecular weight is 373 g/mol. The van der Waals surface area contributed by atoms with E-state index in [4.69, 9.17) is 4.52 Å². The van der Waals surface area contributed by atoms with Crippen LogP contribution >= 0.6 is 0 Å². The van der Waals surface area contributed by atoms with E-state index in [1.165, 1.54) is 40.1 Å². The Morgan fingerprint density at radius 2 is 1.71 bits per heavy atom. The molecule has 1 heterocycles. The molecule has 0 atom stereocenters. The molecule has 10 heteroatoms. The second-order valence-corrected chi connectivity index (χ2v) is 9.27. The molecule has 24 heavy (non-hydrogen) atoms. The number of hydrogen-bond donors (Lipinski definition) is 1. The van der Waals surface area contributed by atoms with E-state index in [9.17, 15) is 16.8 Å². The summed E-state index contributed by atoms with van der Waals surface area (Å²) in [5.74, 6) is 0.160. The van der Waals surface area contributed by atoms with Crippen molar-refractivity contribution in [1.29, 1.82) is 0 Å². The van der Waals surface area contributed by atoms with Gasteiger partial charge in [0.05, 0.1) is 10.6 Å². The fourth-order valence-electron chi connectivity index (χ4n) is 2.20. The summed E-state index contributed by atoms with van der Waals surface area (Å²) in [6.07, 6.45) is 0. The SMILES string of the molecule is Cc1ccc(NS(=O)(=O)c2c(C)noc2C)cc1S(=O)(=O)N(C)C. The fraction of sp³-hybridized carbons (Fsp3) is 0.357. The van der Waals surface area contributed by atoms with Gasteiger partial charge in [-0.3, -0.25) is 4.72 Å². The van der Waals surface area contributed by atoms with E-state index < -0.39 is 20.0 Å². The number of nitrogens with zero attached hydrogens (tertiary/aromatic N) is 2. The number of rotatable bonds is 5.